The maximum absolute atomic E-state index is 11.3. The molecule has 1 aromatic carbocycles. The van der Waals surface area contributed by atoms with Crippen LogP contribution in [-0.4, -0.2) is 18.1 Å². The second-order valence-electron chi connectivity index (χ2n) is 3.11. The minimum atomic E-state index is -0.474. The third-order valence-corrected chi connectivity index (χ3v) is 3.15. The van der Waals surface area contributed by atoms with Crippen LogP contribution in [0.1, 0.15) is 10.5 Å². The van der Waals surface area contributed by atoms with Crippen LogP contribution in [0.2, 0.25) is 5.02 Å². The molecular formula is C11H7BrClNO2. The van der Waals surface area contributed by atoms with Gasteiger partial charge in [-0.05, 0) is 24.3 Å². The van der Waals surface area contributed by atoms with Gasteiger partial charge in [-0.3, -0.25) is 0 Å². The monoisotopic (exact) mass is 299 g/mol. The van der Waals surface area contributed by atoms with Crippen molar-refractivity contribution in [1.82, 2.24) is 4.98 Å². The predicted octanol–water partition coefficient (Wildman–Crippen LogP) is 3.44. The van der Waals surface area contributed by atoms with E-state index in [1.165, 1.54) is 7.11 Å². The van der Waals surface area contributed by atoms with Gasteiger partial charge in [0.2, 0.25) is 0 Å². The van der Waals surface area contributed by atoms with Crippen LogP contribution >= 0.6 is 27.5 Å². The molecule has 2 rings (SSSR count). The van der Waals surface area contributed by atoms with Crippen LogP contribution < -0.4 is 0 Å². The van der Waals surface area contributed by atoms with Gasteiger partial charge in [0.25, 0.3) is 0 Å². The number of aromatic nitrogens is 1. The molecule has 0 aliphatic heterocycles. The Morgan fingerprint density at radius 2 is 2.12 bits per heavy atom. The summed E-state index contributed by atoms with van der Waals surface area (Å²) in [5, 5.41) is 1.36. The van der Waals surface area contributed by atoms with Gasteiger partial charge in [-0.1, -0.05) is 27.5 Å². The number of carbonyl (C=O) groups is 1. The number of halogens is 2. The van der Waals surface area contributed by atoms with Crippen LogP contribution in [-0.2, 0) is 4.74 Å². The topological polar surface area (TPSA) is 39.2 Å². The van der Waals surface area contributed by atoms with Crippen molar-refractivity contribution in [2.75, 3.05) is 7.11 Å². The molecule has 1 heterocycles. The zero-order chi connectivity index (χ0) is 11.7. The number of ether oxygens (including phenoxy) is 1. The lowest BCUT2D eigenvalue weighted by Gasteiger charge is -2.04. The fraction of sp³-hybridized carbons (Fsp3) is 0.0909. The molecule has 16 heavy (non-hydrogen) atoms. The van der Waals surface area contributed by atoms with Crippen LogP contribution in [0.3, 0.4) is 0 Å². The SMILES string of the molecule is COC(=O)c1ccc2c(Br)ccc(Cl)c2n1. The smallest absolute Gasteiger partial charge is 0.356 e. The number of hydrogen-bond donors (Lipinski definition) is 0. The van der Waals surface area contributed by atoms with Crippen molar-refractivity contribution in [2.24, 2.45) is 0 Å². The van der Waals surface area contributed by atoms with E-state index in [4.69, 9.17) is 11.6 Å². The molecule has 0 amide bonds. The molecule has 3 nitrogen and oxygen atoms in total. The molecule has 0 radical (unpaired) electrons. The van der Waals surface area contributed by atoms with Crippen molar-refractivity contribution in [1.29, 1.82) is 0 Å². The first-order valence-electron chi connectivity index (χ1n) is 4.46. The molecule has 0 bridgehead atoms. The summed E-state index contributed by atoms with van der Waals surface area (Å²) in [4.78, 5) is 15.5. The van der Waals surface area contributed by atoms with Gasteiger partial charge >= 0.3 is 5.97 Å². The van der Waals surface area contributed by atoms with Crippen LogP contribution in [0.25, 0.3) is 10.9 Å². The fourth-order valence-corrected chi connectivity index (χ4v) is 2.03. The average Bonchev–Trinajstić information content (AvgIpc) is 2.32. The van der Waals surface area contributed by atoms with Gasteiger partial charge in [-0.15, -0.1) is 0 Å². The van der Waals surface area contributed by atoms with E-state index in [2.05, 4.69) is 25.7 Å². The molecule has 0 spiro atoms. The molecule has 0 saturated heterocycles. The Balaban J connectivity index is 2.70. The summed E-state index contributed by atoms with van der Waals surface area (Å²) in [5.74, 6) is -0.474. The average molecular weight is 301 g/mol. The van der Waals surface area contributed by atoms with E-state index in [1.807, 2.05) is 6.07 Å². The zero-order valence-electron chi connectivity index (χ0n) is 8.33. The number of esters is 1. The fourth-order valence-electron chi connectivity index (χ4n) is 1.37. The summed E-state index contributed by atoms with van der Waals surface area (Å²) in [6, 6.07) is 6.95. The van der Waals surface area contributed by atoms with Crippen molar-refractivity contribution in [3.8, 4) is 0 Å². The van der Waals surface area contributed by atoms with Gasteiger partial charge in [0.1, 0.15) is 5.69 Å². The van der Waals surface area contributed by atoms with E-state index in [0.29, 0.717) is 10.5 Å². The Morgan fingerprint density at radius 1 is 1.38 bits per heavy atom. The molecule has 5 heteroatoms. The predicted molar refractivity (Wildman–Crippen MR) is 65.8 cm³/mol. The minimum absolute atomic E-state index is 0.245. The third-order valence-electron chi connectivity index (χ3n) is 2.15. The molecule has 0 unspecified atom stereocenters. The second kappa shape index (κ2) is 4.39. The van der Waals surface area contributed by atoms with Gasteiger partial charge < -0.3 is 4.74 Å². The lowest BCUT2D eigenvalue weighted by molar-refractivity contribution is 0.0594. The molecule has 0 N–H and O–H groups in total. The molecular weight excluding hydrogens is 293 g/mol. The standard InChI is InChI=1S/C11H7BrClNO2/c1-16-11(15)9-5-2-6-7(12)3-4-8(13)10(6)14-9/h2-5H,1H3. The Labute approximate surface area is 106 Å². The van der Waals surface area contributed by atoms with Crippen molar-refractivity contribution >= 4 is 44.4 Å². The van der Waals surface area contributed by atoms with Crippen molar-refractivity contribution < 1.29 is 9.53 Å². The molecule has 2 aromatic rings. The molecule has 0 aliphatic carbocycles. The number of rotatable bonds is 1. The lowest BCUT2D eigenvalue weighted by atomic mass is 10.2. The number of hydrogen-bond acceptors (Lipinski definition) is 3. The lowest BCUT2D eigenvalue weighted by Crippen LogP contribution is -2.04. The number of benzene rings is 1. The quantitative estimate of drug-likeness (QED) is 0.757. The minimum Gasteiger partial charge on any atom is -0.464 e. The molecule has 0 aliphatic rings. The third kappa shape index (κ3) is 1.90. The van der Waals surface area contributed by atoms with Crippen LogP contribution in [0, 0.1) is 0 Å². The molecule has 0 saturated carbocycles. The Kier molecular flexibility index (Phi) is 3.12. The van der Waals surface area contributed by atoms with Gasteiger partial charge in [-0.25, -0.2) is 9.78 Å². The van der Waals surface area contributed by atoms with Gasteiger partial charge in [0.05, 0.1) is 17.6 Å². The van der Waals surface area contributed by atoms with Crippen molar-refractivity contribution in [3.05, 3.63) is 39.5 Å². The second-order valence-corrected chi connectivity index (χ2v) is 4.37. The largest absolute Gasteiger partial charge is 0.464 e. The maximum atomic E-state index is 11.3. The Bertz CT molecular complexity index is 571. The van der Waals surface area contributed by atoms with Gasteiger partial charge in [0, 0.05) is 9.86 Å². The van der Waals surface area contributed by atoms with Gasteiger partial charge in [0.15, 0.2) is 0 Å². The van der Waals surface area contributed by atoms with Crippen molar-refractivity contribution in [3.63, 3.8) is 0 Å². The van der Waals surface area contributed by atoms with E-state index >= 15 is 0 Å². The normalized spacial score (nSPS) is 10.4. The first-order chi connectivity index (χ1) is 7.63. The maximum Gasteiger partial charge on any atom is 0.356 e. The first-order valence-corrected chi connectivity index (χ1v) is 5.63. The summed E-state index contributed by atoms with van der Waals surface area (Å²) >= 11 is 9.41. The molecule has 0 fully saturated rings. The number of nitrogens with zero attached hydrogens (tertiary/aromatic N) is 1. The first kappa shape index (κ1) is 11.4. The number of pyridine rings is 1. The van der Waals surface area contributed by atoms with E-state index in [0.717, 1.165) is 9.86 Å². The number of carbonyl (C=O) groups excluding carboxylic acids is 1. The highest BCUT2D eigenvalue weighted by atomic mass is 79.9. The summed E-state index contributed by atoms with van der Waals surface area (Å²) in [6.07, 6.45) is 0. The van der Waals surface area contributed by atoms with E-state index in [9.17, 15) is 4.79 Å². The van der Waals surface area contributed by atoms with E-state index < -0.39 is 5.97 Å². The zero-order valence-corrected chi connectivity index (χ0v) is 10.7. The van der Waals surface area contributed by atoms with E-state index in [-0.39, 0.29) is 5.69 Å². The molecule has 0 atom stereocenters. The number of fused-ring (bicyclic) bond motifs is 1. The van der Waals surface area contributed by atoms with E-state index in [1.54, 1.807) is 18.2 Å². The van der Waals surface area contributed by atoms with Crippen molar-refractivity contribution in [2.45, 2.75) is 0 Å². The van der Waals surface area contributed by atoms with Crippen LogP contribution in [0.4, 0.5) is 0 Å². The number of methoxy groups -OCH3 is 1. The molecule has 1 aromatic heterocycles. The summed E-state index contributed by atoms with van der Waals surface area (Å²) in [5.41, 5.74) is 0.828. The highest BCUT2D eigenvalue weighted by Gasteiger charge is 2.10. The molecule has 82 valence electrons. The van der Waals surface area contributed by atoms with Gasteiger partial charge in [-0.2, -0.15) is 0 Å². The van der Waals surface area contributed by atoms with Crippen LogP contribution in [0.5, 0.6) is 0 Å². The van der Waals surface area contributed by atoms with Crippen LogP contribution in [0.15, 0.2) is 28.7 Å². The summed E-state index contributed by atoms with van der Waals surface area (Å²) in [6.45, 7) is 0. The Hall–Kier alpha value is -1.13. The Morgan fingerprint density at radius 3 is 2.81 bits per heavy atom. The highest BCUT2D eigenvalue weighted by molar-refractivity contribution is 9.10. The summed E-state index contributed by atoms with van der Waals surface area (Å²) in [7, 11) is 1.32. The highest BCUT2D eigenvalue weighted by Crippen LogP contribution is 2.28. The summed E-state index contributed by atoms with van der Waals surface area (Å²) < 4.78 is 5.48.